The van der Waals surface area contributed by atoms with Gasteiger partial charge in [-0.05, 0) is 20.4 Å². The highest BCUT2D eigenvalue weighted by Crippen LogP contribution is 2.30. The predicted octanol–water partition coefficient (Wildman–Crippen LogP) is 1.02. The Balaban J connectivity index is 2.04. The molecular formula is C9H14O4. The minimum atomic E-state index is -0.527. The van der Waals surface area contributed by atoms with Gasteiger partial charge in [0.15, 0.2) is 5.79 Å². The first-order chi connectivity index (χ1) is 6.07. The zero-order valence-corrected chi connectivity index (χ0v) is 7.91. The lowest BCUT2D eigenvalue weighted by molar-refractivity contribution is -0.160. The Bertz CT molecular complexity index is 204. The standard InChI is InChI=1S/C9H14O4/c1-6-10-4-7-8(5-11-6)13-9(2,3)12-7/h7-8H,1,4-5H2,2-3H3. The van der Waals surface area contributed by atoms with Crippen LogP contribution in [-0.2, 0) is 18.9 Å². The third-order valence-corrected chi connectivity index (χ3v) is 2.10. The molecule has 2 saturated heterocycles. The van der Waals surface area contributed by atoms with Crippen molar-refractivity contribution in [3.8, 4) is 0 Å². The van der Waals surface area contributed by atoms with Crippen molar-refractivity contribution in [3.05, 3.63) is 12.5 Å². The summed E-state index contributed by atoms with van der Waals surface area (Å²) in [6.07, 6.45) is -0.0940. The maximum Gasteiger partial charge on any atom is 0.271 e. The van der Waals surface area contributed by atoms with Gasteiger partial charge in [0.25, 0.3) is 5.95 Å². The molecule has 0 radical (unpaired) electrons. The van der Waals surface area contributed by atoms with Crippen molar-refractivity contribution >= 4 is 0 Å². The summed E-state index contributed by atoms with van der Waals surface area (Å²) in [5, 5.41) is 0. The van der Waals surface area contributed by atoms with Crippen molar-refractivity contribution < 1.29 is 18.9 Å². The molecule has 0 N–H and O–H groups in total. The minimum Gasteiger partial charge on any atom is -0.463 e. The zero-order valence-electron chi connectivity index (χ0n) is 7.91. The van der Waals surface area contributed by atoms with Crippen molar-refractivity contribution in [1.29, 1.82) is 0 Å². The number of hydrogen-bond donors (Lipinski definition) is 0. The monoisotopic (exact) mass is 186 g/mol. The number of rotatable bonds is 0. The van der Waals surface area contributed by atoms with Gasteiger partial charge in [-0.15, -0.1) is 0 Å². The van der Waals surface area contributed by atoms with Crippen molar-refractivity contribution in [3.63, 3.8) is 0 Å². The maximum absolute atomic E-state index is 5.61. The van der Waals surface area contributed by atoms with E-state index in [-0.39, 0.29) is 12.2 Å². The summed E-state index contributed by atoms with van der Waals surface area (Å²) < 4.78 is 21.6. The van der Waals surface area contributed by atoms with Gasteiger partial charge in [-0.25, -0.2) is 0 Å². The van der Waals surface area contributed by atoms with Crippen LogP contribution in [0.1, 0.15) is 13.8 Å². The Kier molecular flexibility index (Phi) is 1.96. The van der Waals surface area contributed by atoms with E-state index < -0.39 is 5.79 Å². The van der Waals surface area contributed by atoms with Gasteiger partial charge in [0.05, 0.1) is 0 Å². The fraction of sp³-hybridized carbons (Fsp3) is 0.778. The summed E-state index contributed by atoms with van der Waals surface area (Å²) in [6, 6.07) is 0. The first-order valence-electron chi connectivity index (χ1n) is 4.37. The van der Waals surface area contributed by atoms with Crippen LogP contribution in [0.25, 0.3) is 0 Å². The van der Waals surface area contributed by atoms with Gasteiger partial charge in [-0.1, -0.05) is 0 Å². The Morgan fingerprint density at radius 2 is 1.62 bits per heavy atom. The quantitative estimate of drug-likeness (QED) is 0.566. The molecule has 0 amide bonds. The number of ether oxygens (including phenoxy) is 4. The van der Waals surface area contributed by atoms with Crippen molar-refractivity contribution in [2.75, 3.05) is 13.2 Å². The van der Waals surface area contributed by atoms with Crippen LogP contribution < -0.4 is 0 Å². The van der Waals surface area contributed by atoms with Gasteiger partial charge in [-0.3, -0.25) is 0 Å². The molecule has 0 aromatic carbocycles. The molecule has 13 heavy (non-hydrogen) atoms. The number of hydrogen-bond acceptors (Lipinski definition) is 4. The second-order valence-corrected chi connectivity index (χ2v) is 3.71. The second kappa shape index (κ2) is 2.89. The van der Waals surface area contributed by atoms with Crippen LogP contribution in [0.3, 0.4) is 0 Å². The molecule has 2 fully saturated rings. The van der Waals surface area contributed by atoms with Crippen LogP contribution in [0.2, 0.25) is 0 Å². The Morgan fingerprint density at radius 3 is 2.08 bits per heavy atom. The van der Waals surface area contributed by atoms with E-state index in [0.29, 0.717) is 19.2 Å². The molecule has 0 aliphatic carbocycles. The maximum atomic E-state index is 5.61. The molecule has 2 heterocycles. The van der Waals surface area contributed by atoms with Gasteiger partial charge in [0.2, 0.25) is 0 Å². The van der Waals surface area contributed by atoms with E-state index >= 15 is 0 Å². The molecule has 0 bridgehead atoms. The van der Waals surface area contributed by atoms with E-state index in [1.807, 2.05) is 13.8 Å². The predicted molar refractivity (Wildman–Crippen MR) is 44.9 cm³/mol. The molecule has 4 nitrogen and oxygen atoms in total. The molecule has 2 rings (SSSR count). The molecule has 0 saturated carbocycles. The lowest BCUT2D eigenvalue weighted by Gasteiger charge is -2.18. The SMILES string of the molecule is C=C1OCC2OC(C)(C)OC2CO1. The van der Waals surface area contributed by atoms with Crippen LogP contribution in [0, 0.1) is 0 Å². The van der Waals surface area contributed by atoms with Crippen LogP contribution in [0.15, 0.2) is 12.5 Å². The summed E-state index contributed by atoms with van der Waals surface area (Å²) in [4.78, 5) is 0. The molecular weight excluding hydrogens is 172 g/mol. The first kappa shape index (κ1) is 8.84. The lowest BCUT2D eigenvalue weighted by Crippen LogP contribution is -2.27. The molecule has 0 aromatic heterocycles. The Hall–Kier alpha value is -0.740. The van der Waals surface area contributed by atoms with Crippen LogP contribution in [0.4, 0.5) is 0 Å². The van der Waals surface area contributed by atoms with E-state index in [4.69, 9.17) is 18.9 Å². The third kappa shape index (κ3) is 1.78. The smallest absolute Gasteiger partial charge is 0.271 e. The summed E-state index contributed by atoms with van der Waals surface area (Å²) in [5.41, 5.74) is 0. The van der Waals surface area contributed by atoms with E-state index in [9.17, 15) is 0 Å². The van der Waals surface area contributed by atoms with Gasteiger partial charge in [0, 0.05) is 0 Å². The van der Waals surface area contributed by atoms with Crippen molar-refractivity contribution in [2.45, 2.75) is 31.8 Å². The van der Waals surface area contributed by atoms with E-state index in [2.05, 4.69) is 6.58 Å². The van der Waals surface area contributed by atoms with Crippen molar-refractivity contribution in [1.82, 2.24) is 0 Å². The highest BCUT2D eigenvalue weighted by atomic mass is 16.8. The summed E-state index contributed by atoms with van der Waals surface area (Å²) in [6.45, 7) is 8.26. The van der Waals surface area contributed by atoms with Crippen LogP contribution in [-0.4, -0.2) is 31.2 Å². The van der Waals surface area contributed by atoms with Gasteiger partial charge in [0.1, 0.15) is 25.4 Å². The molecule has 2 unspecified atom stereocenters. The van der Waals surface area contributed by atoms with E-state index in [1.165, 1.54) is 0 Å². The normalized spacial score (nSPS) is 37.2. The Morgan fingerprint density at radius 1 is 1.15 bits per heavy atom. The third-order valence-electron chi connectivity index (χ3n) is 2.10. The largest absolute Gasteiger partial charge is 0.463 e. The molecule has 4 heteroatoms. The van der Waals surface area contributed by atoms with Gasteiger partial charge in [-0.2, -0.15) is 0 Å². The highest BCUT2D eigenvalue weighted by Gasteiger charge is 2.43. The van der Waals surface area contributed by atoms with Crippen molar-refractivity contribution in [2.24, 2.45) is 0 Å². The fourth-order valence-corrected chi connectivity index (χ4v) is 1.58. The molecule has 74 valence electrons. The molecule has 0 spiro atoms. The zero-order chi connectivity index (χ0) is 9.47. The van der Waals surface area contributed by atoms with Crippen LogP contribution >= 0.6 is 0 Å². The summed E-state index contributed by atoms with van der Waals surface area (Å²) >= 11 is 0. The van der Waals surface area contributed by atoms with Gasteiger partial charge >= 0.3 is 0 Å². The van der Waals surface area contributed by atoms with E-state index in [1.54, 1.807) is 0 Å². The summed E-state index contributed by atoms with van der Waals surface area (Å²) in [7, 11) is 0. The Labute approximate surface area is 77.4 Å². The second-order valence-electron chi connectivity index (χ2n) is 3.71. The molecule has 2 aliphatic rings. The molecule has 2 atom stereocenters. The average molecular weight is 186 g/mol. The topological polar surface area (TPSA) is 36.9 Å². The summed E-state index contributed by atoms with van der Waals surface area (Å²) in [5.74, 6) is -0.180. The number of fused-ring (bicyclic) bond motifs is 1. The van der Waals surface area contributed by atoms with E-state index in [0.717, 1.165) is 0 Å². The highest BCUT2D eigenvalue weighted by molar-refractivity contribution is 4.86. The molecule has 2 aliphatic heterocycles. The fourth-order valence-electron chi connectivity index (χ4n) is 1.58. The molecule has 0 aromatic rings. The van der Waals surface area contributed by atoms with Gasteiger partial charge < -0.3 is 18.9 Å². The lowest BCUT2D eigenvalue weighted by atomic mass is 10.2. The minimum absolute atomic E-state index is 0.0470. The first-order valence-corrected chi connectivity index (χ1v) is 4.37. The average Bonchev–Trinajstić information content (AvgIpc) is 2.23. The van der Waals surface area contributed by atoms with Crippen LogP contribution in [0.5, 0.6) is 0 Å².